The average Bonchev–Trinajstić information content (AvgIpc) is 2.90. The first kappa shape index (κ1) is 28.7. The highest BCUT2D eigenvalue weighted by atomic mass is 35.5. The lowest BCUT2D eigenvalue weighted by Gasteiger charge is -2.13. The molecule has 0 saturated carbocycles. The van der Waals surface area contributed by atoms with E-state index < -0.39 is 17.3 Å². The van der Waals surface area contributed by atoms with Gasteiger partial charge in [0.2, 0.25) is 0 Å². The van der Waals surface area contributed by atoms with Crippen molar-refractivity contribution in [1.82, 2.24) is 0 Å². The third-order valence-electron chi connectivity index (χ3n) is 6.11. The van der Waals surface area contributed by atoms with Crippen molar-refractivity contribution in [3.63, 3.8) is 0 Å². The zero-order valence-corrected chi connectivity index (χ0v) is 23.1. The number of ether oxygens (including phenoxy) is 2. The van der Waals surface area contributed by atoms with Crippen LogP contribution in [0.2, 0.25) is 5.02 Å². The topological polar surface area (TPSA) is 52.6 Å². The van der Waals surface area contributed by atoms with Crippen LogP contribution in [0.1, 0.15) is 68.8 Å². The number of carbonyl (C=O) groups excluding carboxylic acids is 2. The van der Waals surface area contributed by atoms with Gasteiger partial charge in [-0.15, -0.1) is 11.6 Å². The highest BCUT2D eigenvalue weighted by Gasteiger charge is 2.22. The summed E-state index contributed by atoms with van der Waals surface area (Å²) in [6, 6.07) is 20.4. The van der Waals surface area contributed by atoms with Gasteiger partial charge in [-0.2, -0.15) is 0 Å². The molecule has 3 aromatic rings. The van der Waals surface area contributed by atoms with Crippen molar-refractivity contribution in [1.29, 1.82) is 0 Å². The van der Waals surface area contributed by atoms with E-state index in [1.807, 2.05) is 26.0 Å². The molecule has 3 aromatic carbocycles. The molecular formula is C31H34Cl2O4. The van der Waals surface area contributed by atoms with E-state index in [0.717, 1.165) is 17.5 Å². The fourth-order valence-corrected chi connectivity index (χ4v) is 4.09. The first-order valence-corrected chi connectivity index (χ1v) is 13.7. The monoisotopic (exact) mass is 540 g/mol. The summed E-state index contributed by atoms with van der Waals surface area (Å²) < 4.78 is 10.8. The van der Waals surface area contributed by atoms with Gasteiger partial charge in [-0.25, -0.2) is 4.79 Å². The maximum absolute atomic E-state index is 12.6. The second-order valence-corrected chi connectivity index (χ2v) is 10.4. The van der Waals surface area contributed by atoms with E-state index >= 15 is 0 Å². The molecule has 0 heterocycles. The Morgan fingerprint density at radius 3 is 2.03 bits per heavy atom. The van der Waals surface area contributed by atoms with Crippen molar-refractivity contribution in [3.05, 3.63) is 82.9 Å². The fourth-order valence-electron chi connectivity index (χ4n) is 3.83. The quantitative estimate of drug-likeness (QED) is 0.0994. The summed E-state index contributed by atoms with van der Waals surface area (Å²) in [5.74, 6) is -0.676. The lowest BCUT2D eigenvalue weighted by Crippen LogP contribution is -2.25. The highest BCUT2D eigenvalue weighted by Crippen LogP contribution is 2.28. The van der Waals surface area contributed by atoms with Crippen LogP contribution in [0.3, 0.4) is 0 Å². The molecular weight excluding hydrogens is 507 g/mol. The number of carbonyl (C=O) groups is 2. The minimum atomic E-state index is -0.790. The fraction of sp³-hybridized carbons (Fsp3) is 0.355. The van der Waals surface area contributed by atoms with Gasteiger partial charge in [0.1, 0.15) is 16.9 Å². The summed E-state index contributed by atoms with van der Waals surface area (Å²) in [7, 11) is 0. The standard InChI is InChI=1S/C31H34Cl2O4/c1-4-5-6-7-8-9-22-10-12-23(13-11-22)24-14-17-26(18-15-24)36-30(34)25-16-19-28(27(32)20-25)37-31(35)29(33)21(2)3/h10-21,29H,4-9H2,1-3H3. The average molecular weight is 542 g/mol. The molecule has 196 valence electrons. The van der Waals surface area contributed by atoms with Crippen molar-refractivity contribution in [2.75, 3.05) is 0 Å². The molecule has 0 aromatic heterocycles. The summed E-state index contributed by atoms with van der Waals surface area (Å²) in [4.78, 5) is 24.7. The minimum absolute atomic E-state index is 0.0851. The number of halogens is 2. The smallest absolute Gasteiger partial charge is 0.343 e. The lowest BCUT2D eigenvalue weighted by molar-refractivity contribution is -0.134. The molecule has 0 bridgehead atoms. The molecule has 4 nitrogen and oxygen atoms in total. The van der Waals surface area contributed by atoms with Crippen LogP contribution < -0.4 is 9.47 Å². The largest absolute Gasteiger partial charge is 0.424 e. The lowest BCUT2D eigenvalue weighted by atomic mass is 10.0. The van der Waals surface area contributed by atoms with E-state index in [1.165, 1.54) is 55.9 Å². The van der Waals surface area contributed by atoms with E-state index in [2.05, 4.69) is 31.2 Å². The Balaban J connectivity index is 1.56. The molecule has 0 fully saturated rings. The van der Waals surface area contributed by atoms with E-state index in [-0.39, 0.29) is 22.3 Å². The van der Waals surface area contributed by atoms with Gasteiger partial charge >= 0.3 is 11.9 Å². The van der Waals surface area contributed by atoms with Gasteiger partial charge in [0, 0.05) is 0 Å². The Bertz CT molecular complexity index is 1170. The number of hydrogen-bond donors (Lipinski definition) is 0. The molecule has 1 unspecified atom stereocenters. The third-order valence-corrected chi connectivity index (χ3v) is 7.09. The Morgan fingerprint density at radius 1 is 0.811 bits per heavy atom. The van der Waals surface area contributed by atoms with Crippen molar-refractivity contribution in [2.45, 2.75) is 64.7 Å². The summed E-state index contributed by atoms with van der Waals surface area (Å²) >= 11 is 12.3. The van der Waals surface area contributed by atoms with Crippen LogP contribution in [0, 0.1) is 5.92 Å². The Hall–Kier alpha value is -2.82. The third kappa shape index (κ3) is 8.62. The van der Waals surface area contributed by atoms with Crippen molar-refractivity contribution >= 4 is 35.1 Å². The second kappa shape index (κ2) is 14.2. The Labute approximate surface area is 229 Å². The summed E-state index contributed by atoms with van der Waals surface area (Å²) in [6.07, 6.45) is 7.51. The summed E-state index contributed by atoms with van der Waals surface area (Å²) in [6.45, 7) is 5.87. The molecule has 0 aliphatic heterocycles. The maximum atomic E-state index is 12.6. The Morgan fingerprint density at radius 2 is 1.43 bits per heavy atom. The molecule has 1 atom stereocenters. The number of benzene rings is 3. The van der Waals surface area contributed by atoms with E-state index in [4.69, 9.17) is 32.7 Å². The SMILES string of the molecule is CCCCCCCc1ccc(-c2ccc(OC(=O)c3ccc(OC(=O)C(Cl)C(C)C)c(Cl)c3)cc2)cc1. The van der Waals surface area contributed by atoms with Gasteiger partial charge in [-0.3, -0.25) is 4.79 Å². The van der Waals surface area contributed by atoms with E-state index in [0.29, 0.717) is 5.75 Å². The zero-order chi connectivity index (χ0) is 26.8. The van der Waals surface area contributed by atoms with Crippen LogP contribution in [0.25, 0.3) is 11.1 Å². The van der Waals surface area contributed by atoms with Crippen LogP contribution in [-0.4, -0.2) is 17.3 Å². The van der Waals surface area contributed by atoms with Gasteiger partial charge in [0.15, 0.2) is 0 Å². The number of hydrogen-bond acceptors (Lipinski definition) is 4. The number of aryl methyl sites for hydroxylation is 1. The first-order valence-electron chi connectivity index (χ1n) is 12.9. The Kier molecular flexibility index (Phi) is 11.0. The molecule has 37 heavy (non-hydrogen) atoms. The predicted molar refractivity (Wildman–Crippen MR) is 151 cm³/mol. The highest BCUT2D eigenvalue weighted by molar-refractivity contribution is 6.33. The zero-order valence-electron chi connectivity index (χ0n) is 21.6. The minimum Gasteiger partial charge on any atom is -0.424 e. The van der Waals surface area contributed by atoms with E-state index in [9.17, 15) is 9.59 Å². The van der Waals surface area contributed by atoms with Gasteiger partial charge in [0.25, 0.3) is 0 Å². The van der Waals surface area contributed by atoms with Crippen LogP contribution in [0.15, 0.2) is 66.7 Å². The molecule has 0 amide bonds. The van der Waals surface area contributed by atoms with Gasteiger partial charge < -0.3 is 9.47 Å². The van der Waals surface area contributed by atoms with Gasteiger partial charge in [-0.1, -0.05) is 94.5 Å². The normalized spacial score (nSPS) is 11.8. The maximum Gasteiger partial charge on any atom is 0.343 e. The van der Waals surface area contributed by atoms with E-state index in [1.54, 1.807) is 12.1 Å². The number of rotatable bonds is 12. The van der Waals surface area contributed by atoms with Crippen LogP contribution in [0.4, 0.5) is 0 Å². The second-order valence-electron chi connectivity index (χ2n) is 9.49. The van der Waals surface area contributed by atoms with Crippen molar-refractivity contribution < 1.29 is 19.1 Å². The summed E-state index contributed by atoms with van der Waals surface area (Å²) in [5.41, 5.74) is 3.75. The number of alkyl halides is 1. The van der Waals surface area contributed by atoms with Gasteiger partial charge in [-0.05, 0) is 65.8 Å². The molecule has 3 rings (SSSR count). The number of unbranched alkanes of at least 4 members (excludes halogenated alkanes) is 4. The molecule has 0 aliphatic rings. The predicted octanol–water partition coefficient (Wildman–Crippen LogP) is 8.91. The van der Waals surface area contributed by atoms with Crippen molar-refractivity contribution in [3.8, 4) is 22.6 Å². The first-order chi connectivity index (χ1) is 17.8. The molecule has 0 spiro atoms. The molecule has 0 radical (unpaired) electrons. The summed E-state index contributed by atoms with van der Waals surface area (Å²) in [5, 5.41) is -0.669. The van der Waals surface area contributed by atoms with Crippen LogP contribution in [0.5, 0.6) is 11.5 Å². The number of esters is 2. The molecule has 6 heteroatoms. The molecule has 0 N–H and O–H groups in total. The van der Waals surface area contributed by atoms with Crippen LogP contribution in [-0.2, 0) is 11.2 Å². The van der Waals surface area contributed by atoms with Gasteiger partial charge in [0.05, 0.1) is 10.6 Å². The van der Waals surface area contributed by atoms with Crippen molar-refractivity contribution in [2.24, 2.45) is 5.92 Å². The van der Waals surface area contributed by atoms with Crippen LogP contribution >= 0.6 is 23.2 Å². The molecule has 0 saturated heterocycles. The molecule has 0 aliphatic carbocycles.